The van der Waals surface area contributed by atoms with Crippen LogP contribution in [0.3, 0.4) is 0 Å². The Morgan fingerprint density at radius 2 is 1.71 bits per heavy atom. The van der Waals surface area contributed by atoms with Crippen LogP contribution in [0, 0.1) is 0 Å². The number of rotatable bonds is 10. The van der Waals surface area contributed by atoms with Crippen molar-refractivity contribution in [1.82, 2.24) is 14.5 Å². The van der Waals surface area contributed by atoms with E-state index in [0.29, 0.717) is 51.6 Å². The Kier molecular flexibility index (Phi) is 13.1. The lowest BCUT2D eigenvalue weighted by molar-refractivity contribution is 0.0904. The van der Waals surface area contributed by atoms with Gasteiger partial charge >= 0.3 is 0 Å². The van der Waals surface area contributed by atoms with Crippen LogP contribution in [0.5, 0.6) is 0 Å². The molecule has 0 aromatic heterocycles. The standard InChI is InChI=1S/C16H34N4O5S2.HI/c1-5-17-16(18-7-6-13-26(4,21)22)19-8-10-20(11-9-19)27(23,24)14-12-25-15(2)3;/h15H,5-14H2,1-4H3,(H,17,18);1H. The van der Waals surface area contributed by atoms with Gasteiger partial charge in [-0.05, 0) is 27.2 Å². The molecule has 1 N–H and O–H groups in total. The Labute approximate surface area is 187 Å². The van der Waals surface area contributed by atoms with Crippen LogP contribution in [0.25, 0.3) is 0 Å². The van der Waals surface area contributed by atoms with Crippen molar-refractivity contribution >= 4 is 49.8 Å². The number of nitrogens with one attached hydrogen (secondary N) is 1. The molecule has 0 saturated carbocycles. The van der Waals surface area contributed by atoms with Gasteiger partial charge in [0.25, 0.3) is 0 Å². The summed E-state index contributed by atoms with van der Waals surface area (Å²) in [5.74, 6) is 0.803. The summed E-state index contributed by atoms with van der Waals surface area (Å²) in [7, 11) is -6.31. The monoisotopic (exact) mass is 554 g/mol. The van der Waals surface area contributed by atoms with Gasteiger partial charge in [0.1, 0.15) is 9.84 Å². The summed E-state index contributed by atoms with van der Waals surface area (Å²) in [5.41, 5.74) is 0. The van der Waals surface area contributed by atoms with E-state index in [1.165, 1.54) is 10.6 Å². The normalized spacial score (nSPS) is 16.9. The molecule has 0 aromatic carbocycles. The van der Waals surface area contributed by atoms with Crippen LogP contribution in [0.2, 0.25) is 0 Å². The molecule has 12 heteroatoms. The highest BCUT2D eigenvalue weighted by Crippen LogP contribution is 2.09. The molecule has 168 valence electrons. The molecule has 0 spiro atoms. The topological polar surface area (TPSA) is 108 Å². The molecule has 1 aliphatic rings. The van der Waals surface area contributed by atoms with Gasteiger partial charge in [-0.15, -0.1) is 24.0 Å². The number of hydrogen-bond donors (Lipinski definition) is 1. The maximum absolute atomic E-state index is 12.4. The van der Waals surface area contributed by atoms with E-state index in [4.69, 9.17) is 4.74 Å². The van der Waals surface area contributed by atoms with E-state index in [2.05, 4.69) is 10.3 Å². The van der Waals surface area contributed by atoms with Crippen LogP contribution >= 0.6 is 24.0 Å². The van der Waals surface area contributed by atoms with E-state index in [1.807, 2.05) is 25.7 Å². The van der Waals surface area contributed by atoms with Gasteiger partial charge in [-0.3, -0.25) is 4.99 Å². The van der Waals surface area contributed by atoms with E-state index >= 15 is 0 Å². The first-order valence-corrected chi connectivity index (χ1v) is 13.0. The van der Waals surface area contributed by atoms with Gasteiger partial charge in [-0.2, -0.15) is 4.31 Å². The molecule has 9 nitrogen and oxygen atoms in total. The summed E-state index contributed by atoms with van der Waals surface area (Å²) in [6, 6.07) is 0. The van der Waals surface area contributed by atoms with Gasteiger partial charge in [0.2, 0.25) is 10.0 Å². The lowest BCUT2D eigenvalue weighted by Gasteiger charge is -2.35. The Bertz CT molecular complexity index is 675. The van der Waals surface area contributed by atoms with Gasteiger partial charge in [0.15, 0.2) is 5.96 Å². The van der Waals surface area contributed by atoms with E-state index in [0.717, 1.165) is 0 Å². The predicted molar refractivity (Wildman–Crippen MR) is 124 cm³/mol. The minimum atomic E-state index is -3.32. The van der Waals surface area contributed by atoms with Crippen molar-refractivity contribution in [3.05, 3.63) is 0 Å². The van der Waals surface area contributed by atoms with Gasteiger partial charge < -0.3 is 15.0 Å². The Morgan fingerprint density at radius 3 is 2.21 bits per heavy atom. The van der Waals surface area contributed by atoms with Crippen molar-refractivity contribution < 1.29 is 21.6 Å². The number of hydrogen-bond acceptors (Lipinski definition) is 6. The first-order chi connectivity index (χ1) is 12.5. The van der Waals surface area contributed by atoms with Crippen molar-refractivity contribution in [3.8, 4) is 0 Å². The van der Waals surface area contributed by atoms with Crippen LogP contribution in [0.15, 0.2) is 4.99 Å². The molecule has 0 aromatic rings. The minimum absolute atomic E-state index is 0. The molecule has 1 aliphatic heterocycles. The van der Waals surface area contributed by atoms with E-state index in [9.17, 15) is 16.8 Å². The Balaban J connectivity index is 0.00000729. The van der Waals surface area contributed by atoms with Crippen LogP contribution in [-0.2, 0) is 24.6 Å². The summed E-state index contributed by atoms with van der Waals surface area (Å²) in [6.07, 6.45) is 1.70. The summed E-state index contributed by atoms with van der Waals surface area (Å²) >= 11 is 0. The number of nitrogens with zero attached hydrogens (tertiary/aromatic N) is 3. The average molecular weight is 555 g/mol. The Hall–Kier alpha value is -0.180. The van der Waals surface area contributed by atoms with Crippen molar-refractivity contribution in [3.63, 3.8) is 0 Å². The second-order valence-electron chi connectivity index (χ2n) is 6.84. The van der Waals surface area contributed by atoms with Gasteiger partial charge in [0, 0.05) is 45.5 Å². The van der Waals surface area contributed by atoms with E-state index in [1.54, 1.807) is 0 Å². The smallest absolute Gasteiger partial charge is 0.216 e. The lowest BCUT2D eigenvalue weighted by atomic mass is 10.4. The van der Waals surface area contributed by atoms with Crippen LogP contribution in [-0.4, -0.2) is 102 Å². The van der Waals surface area contributed by atoms with Crippen molar-refractivity contribution in [1.29, 1.82) is 0 Å². The molecule has 1 fully saturated rings. The van der Waals surface area contributed by atoms with Gasteiger partial charge in [-0.25, -0.2) is 16.8 Å². The number of ether oxygens (including phenoxy) is 1. The predicted octanol–water partition coefficient (Wildman–Crippen LogP) is 0.377. The molecule has 0 amide bonds. The Morgan fingerprint density at radius 1 is 1.11 bits per heavy atom. The summed E-state index contributed by atoms with van der Waals surface area (Å²) < 4.78 is 54.0. The molecule has 0 atom stereocenters. The highest BCUT2D eigenvalue weighted by atomic mass is 127. The third kappa shape index (κ3) is 11.1. The van der Waals surface area contributed by atoms with Gasteiger partial charge in [0.05, 0.1) is 24.2 Å². The lowest BCUT2D eigenvalue weighted by Crippen LogP contribution is -2.54. The first kappa shape index (κ1) is 27.8. The molecule has 1 saturated heterocycles. The SMILES string of the molecule is CCNC(=NCCCS(C)(=O)=O)N1CCN(S(=O)(=O)CCOC(C)C)CC1.I. The number of guanidine groups is 1. The number of halogens is 1. The quantitative estimate of drug-likeness (QED) is 0.180. The summed E-state index contributed by atoms with van der Waals surface area (Å²) in [5, 5.41) is 3.19. The van der Waals surface area contributed by atoms with Crippen LogP contribution in [0.1, 0.15) is 27.2 Å². The zero-order valence-corrected chi connectivity index (χ0v) is 21.2. The maximum atomic E-state index is 12.4. The van der Waals surface area contributed by atoms with E-state index < -0.39 is 19.9 Å². The molecule has 0 unspecified atom stereocenters. The van der Waals surface area contributed by atoms with Crippen LogP contribution in [0.4, 0.5) is 0 Å². The third-order valence-corrected chi connectivity index (χ3v) is 6.86. The fourth-order valence-electron chi connectivity index (χ4n) is 2.63. The fraction of sp³-hybridized carbons (Fsp3) is 0.938. The van der Waals surface area contributed by atoms with Crippen molar-refractivity contribution in [2.75, 3.05) is 63.6 Å². The molecule has 1 heterocycles. The maximum Gasteiger partial charge on any atom is 0.216 e. The van der Waals surface area contributed by atoms with E-state index in [-0.39, 0.29) is 48.2 Å². The third-order valence-electron chi connectivity index (χ3n) is 3.99. The highest BCUT2D eigenvalue weighted by Gasteiger charge is 2.28. The molecular weight excluding hydrogens is 519 g/mol. The number of piperazine rings is 1. The summed E-state index contributed by atoms with van der Waals surface area (Å²) in [6.45, 7) is 8.91. The van der Waals surface area contributed by atoms with Gasteiger partial charge in [-0.1, -0.05) is 0 Å². The van der Waals surface area contributed by atoms with Crippen molar-refractivity contribution in [2.45, 2.75) is 33.3 Å². The molecule has 0 aliphatic carbocycles. The highest BCUT2D eigenvalue weighted by molar-refractivity contribution is 14.0. The zero-order valence-electron chi connectivity index (χ0n) is 17.3. The van der Waals surface area contributed by atoms with Crippen LogP contribution < -0.4 is 5.32 Å². The first-order valence-electron chi connectivity index (χ1n) is 9.35. The number of sulfonamides is 1. The molecule has 0 bridgehead atoms. The molecule has 1 rings (SSSR count). The minimum Gasteiger partial charge on any atom is -0.378 e. The second-order valence-corrected chi connectivity index (χ2v) is 11.2. The molecular formula is C16H35IN4O5S2. The molecule has 0 radical (unpaired) electrons. The summed E-state index contributed by atoms with van der Waals surface area (Å²) in [4.78, 5) is 6.49. The number of sulfone groups is 1. The molecule has 28 heavy (non-hydrogen) atoms. The average Bonchev–Trinajstić information content (AvgIpc) is 2.56. The largest absolute Gasteiger partial charge is 0.378 e. The number of aliphatic imine (C=N–C) groups is 1. The fourth-order valence-corrected chi connectivity index (χ4v) is 4.57. The second kappa shape index (κ2) is 13.2. The van der Waals surface area contributed by atoms with Crippen molar-refractivity contribution in [2.24, 2.45) is 4.99 Å². The zero-order chi connectivity index (χ0) is 20.5.